The van der Waals surface area contributed by atoms with Gasteiger partial charge in [-0.15, -0.1) is 0 Å². The first-order valence-corrected chi connectivity index (χ1v) is 6.65. The van der Waals surface area contributed by atoms with E-state index < -0.39 is 0 Å². The van der Waals surface area contributed by atoms with E-state index in [0.29, 0.717) is 5.02 Å². The summed E-state index contributed by atoms with van der Waals surface area (Å²) < 4.78 is 0. The third kappa shape index (κ3) is 12.9. The Morgan fingerprint density at radius 3 is 1.50 bits per heavy atom. The van der Waals surface area contributed by atoms with Crippen LogP contribution in [-0.2, 0) is 0 Å². The molecule has 0 radical (unpaired) electrons. The zero-order valence-corrected chi connectivity index (χ0v) is 12.8. The lowest BCUT2D eigenvalue weighted by Gasteiger charge is -1.79. The van der Waals surface area contributed by atoms with Crippen molar-refractivity contribution in [2.75, 3.05) is 0 Å². The zero-order valence-electron chi connectivity index (χ0n) is 11.3. The van der Waals surface area contributed by atoms with E-state index in [2.05, 4.69) is 9.97 Å². The second-order valence-corrected chi connectivity index (χ2v) is 3.21. The molecule has 0 atom stereocenters. The Morgan fingerprint density at radius 2 is 1.28 bits per heavy atom. The normalized spacial score (nSPS) is 7.44. The lowest BCUT2D eigenvalue weighted by molar-refractivity contribution is 1.33. The third-order valence-electron chi connectivity index (χ3n) is 1.27. The van der Waals surface area contributed by atoms with E-state index in [0.717, 1.165) is 5.02 Å². The van der Waals surface area contributed by atoms with E-state index in [9.17, 15) is 0 Å². The van der Waals surface area contributed by atoms with E-state index in [1.165, 1.54) is 0 Å². The molecule has 2 rings (SSSR count). The molecule has 0 aliphatic carbocycles. The molecule has 2 aromatic heterocycles. The molecule has 0 unspecified atom stereocenters. The Labute approximate surface area is 120 Å². The maximum Gasteiger partial charge on any atom is 0.0589 e. The van der Waals surface area contributed by atoms with Gasteiger partial charge < -0.3 is 0 Å². The van der Waals surface area contributed by atoms with Crippen molar-refractivity contribution < 1.29 is 0 Å². The van der Waals surface area contributed by atoms with Crippen LogP contribution in [0.15, 0.2) is 49.1 Å². The lowest BCUT2D eigenvalue weighted by atomic mass is 10.5. The second-order valence-electron chi connectivity index (χ2n) is 2.34. The summed E-state index contributed by atoms with van der Waals surface area (Å²) in [5, 5.41) is 1.41. The standard InChI is InChI=1S/2C5H4ClN.2C2H6/c6-5-1-3-7-4-2-5;6-5-2-1-3-7-4-5;2*1-2/h2*1-4H;2*1-2H3. The largest absolute Gasteiger partial charge is 0.265 e. The van der Waals surface area contributed by atoms with Crippen molar-refractivity contribution in [2.45, 2.75) is 27.7 Å². The highest BCUT2D eigenvalue weighted by atomic mass is 35.5. The number of hydrogen-bond donors (Lipinski definition) is 0. The molecular formula is C14H20Cl2N2. The summed E-state index contributed by atoms with van der Waals surface area (Å²) in [4.78, 5) is 7.51. The van der Waals surface area contributed by atoms with Gasteiger partial charge in [-0.1, -0.05) is 50.9 Å². The van der Waals surface area contributed by atoms with Crippen LogP contribution in [0.4, 0.5) is 0 Å². The van der Waals surface area contributed by atoms with Crippen LogP contribution in [0.3, 0.4) is 0 Å². The average Bonchev–Trinajstić information content (AvgIpc) is 2.46. The molecule has 0 aliphatic rings. The quantitative estimate of drug-likeness (QED) is 0.637. The molecule has 100 valence electrons. The number of pyridine rings is 2. The molecule has 2 aromatic rings. The zero-order chi connectivity index (χ0) is 14.2. The van der Waals surface area contributed by atoms with Crippen LogP contribution >= 0.6 is 23.2 Å². The summed E-state index contributed by atoms with van der Waals surface area (Å²) in [7, 11) is 0. The first-order chi connectivity index (χ1) is 8.79. The van der Waals surface area contributed by atoms with Crippen molar-refractivity contribution in [1.82, 2.24) is 9.97 Å². The molecule has 0 spiro atoms. The van der Waals surface area contributed by atoms with Gasteiger partial charge >= 0.3 is 0 Å². The van der Waals surface area contributed by atoms with Crippen LogP contribution in [0, 0.1) is 0 Å². The van der Waals surface area contributed by atoms with Crippen LogP contribution in [0.25, 0.3) is 0 Å². The smallest absolute Gasteiger partial charge is 0.0589 e. The van der Waals surface area contributed by atoms with Crippen molar-refractivity contribution >= 4 is 23.2 Å². The lowest BCUT2D eigenvalue weighted by Crippen LogP contribution is -1.64. The first-order valence-electron chi connectivity index (χ1n) is 5.90. The molecule has 0 N–H and O–H groups in total. The molecule has 2 heterocycles. The Kier molecular flexibility index (Phi) is 17.0. The van der Waals surface area contributed by atoms with E-state index >= 15 is 0 Å². The van der Waals surface area contributed by atoms with Crippen LogP contribution in [0.2, 0.25) is 10.0 Å². The minimum Gasteiger partial charge on any atom is -0.265 e. The topological polar surface area (TPSA) is 25.8 Å². The van der Waals surface area contributed by atoms with Gasteiger partial charge in [0.1, 0.15) is 0 Å². The van der Waals surface area contributed by atoms with Gasteiger partial charge in [-0.05, 0) is 24.3 Å². The number of nitrogens with zero attached hydrogens (tertiary/aromatic N) is 2. The van der Waals surface area contributed by atoms with Gasteiger partial charge in [0, 0.05) is 29.8 Å². The van der Waals surface area contributed by atoms with E-state index in [-0.39, 0.29) is 0 Å². The summed E-state index contributed by atoms with van der Waals surface area (Å²) in [5.74, 6) is 0. The monoisotopic (exact) mass is 286 g/mol. The van der Waals surface area contributed by atoms with Crippen molar-refractivity contribution in [1.29, 1.82) is 0 Å². The maximum atomic E-state index is 5.50. The molecule has 0 aliphatic heterocycles. The van der Waals surface area contributed by atoms with Gasteiger partial charge in [0.25, 0.3) is 0 Å². The fraction of sp³-hybridized carbons (Fsp3) is 0.286. The number of rotatable bonds is 0. The molecule has 0 fully saturated rings. The maximum absolute atomic E-state index is 5.50. The van der Waals surface area contributed by atoms with Crippen LogP contribution in [0.5, 0.6) is 0 Å². The van der Waals surface area contributed by atoms with Gasteiger partial charge in [-0.3, -0.25) is 9.97 Å². The predicted molar refractivity (Wildman–Crippen MR) is 81.2 cm³/mol. The summed E-state index contributed by atoms with van der Waals surface area (Å²) >= 11 is 11.0. The third-order valence-corrected chi connectivity index (χ3v) is 1.74. The Hall–Kier alpha value is -1.12. The molecule has 0 saturated carbocycles. The molecule has 0 aromatic carbocycles. The summed E-state index contributed by atoms with van der Waals surface area (Å²) in [6.07, 6.45) is 6.60. The number of aromatic nitrogens is 2. The average molecular weight is 287 g/mol. The molecule has 4 heteroatoms. The van der Waals surface area contributed by atoms with Gasteiger partial charge in [-0.2, -0.15) is 0 Å². The van der Waals surface area contributed by atoms with Crippen LogP contribution in [-0.4, -0.2) is 9.97 Å². The SMILES string of the molecule is CC.CC.Clc1cccnc1.Clc1ccncc1. The van der Waals surface area contributed by atoms with E-state index in [1.807, 2.05) is 27.7 Å². The summed E-state index contributed by atoms with van der Waals surface area (Å²) in [6, 6.07) is 7.06. The highest BCUT2D eigenvalue weighted by molar-refractivity contribution is 6.30. The predicted octanol–water partition coefficient (Wildman–Crippen LogP) is 5.52. The van der Waals surface area contributed by atoms with Crippen LogP contribution in [0.1, 0.15) is 27.7 Å². The highest BCUT2D eigenvalue weighted by Crippen LogP contribution is 2.01. The van der Waals surface area contributed by atoms with Gasteiger partial charge in [0.05, 0.1) is 5.02 Å². The fourth-order valence-corrected chi connectivity index (χ4v) is 0.917. The molecule has 18 heavy (non-hydrogen) atoms. The summed E-state index contributed by atoms with van der Waals surface area (Å²) in [6.45, 7) is 8.00. The van der Waals surface area contributed by atoms with Gasteiger partial charge in [0.15, 0.2) is 0 Å². The fourth-order valence-electron chi connectivity index (χ4n) is 0.676. The minimum atomic E-state index is 0.683. The Bertz CT molecular complexity index is 315. The molecule has 0 saturated heterocycles. The summed E-state index contributed by atoms with van der Waals surface area (Å²) in [5.41, 5.74) is 0. The van der Waals surface area contributed by atoms with Gasteiger partial charge in [0.2, 0.25) is 0 Å². The van der Waals surface area contributed by atoms with E-state index in [1.54, 1.807) is 49.1 Å². The molecule has 0 bridgehead atoms. The Balaban J connectivity index is 0. The minimum absolute atomic E-state index is 0.683. The Morgan fingerprint density at radius 1 is 0.722 bits per heavy atom. The number of hydrogen-bond acceptors (Lipinski definition) is 2. The number of halogens is 2. The van der Waals surface area contributed by atoms with E-state index in [4.69, 9.17) is 23.2 Å². The molecule has 0 amide bonds. The van der Waals surface area contributed by atoms with Gasteiger partial charge in [-0.25, -0.2) is 0 Å². The highest BCUT2D eigenvalue weighted by Gasteiger charge is 1.76. The van der Waals surface area contributed by atoms with Crippen LogP contribution < -0.4 is 0 Å². The van der Waals surface area contributed by atoms with Crippen molar-refractivity contribution in [3.8, 4) is 0 Å². The molecule has 2 nitrogen and oxygen atoms in total. The second kappa shape index (κ2) is 15.9. The molecular weight excluding hydrogens is 267 g/mol. The van der Waals surface area contributed by atoms with Crippen molar-refractivity contribution in [3.63, 3.8) is 0 Å². The van der Waals surface area contributed by atoms with Crippen molar-refractivity contribution in [2.24, 2.45) is 0 Å². The van der Waals surface area contributed by atoms with Crippen molar-refractivity contribution in [3.05, 3.63) is 59.1 Å². The first kappa shape index (κ1) is 19.2.